The van der Waals surface area contributed by atoms with E-state index in [1.807, 2.05) is 0 Å². The third-order valence-electron chi connectivity index (χ3n) is 1.86. The lowest BCUT2D eigenvalue weighted by Gasteiger charge is -2.01. The lowest BCUT2D eigenvalue weighted by atomic mass is 10.1. The second kappa shape index (κ2) is 2.13. The van der Waals surface area contributed by atoms with Crippen LogP contribution in [0.1, 0.15) is 11.1 Å². The van der Waals surface area contributed by atoms with Gasteiger partial charge in [-0.05, 0) is 11.6 Å². The van der Waals surface area contributed by atoms with Gasteiger partial charge in [0.15, 0.2) is 11.5 Å². The summed E-state index contributed by atoms with van der Waals surface area (Å²) in [6.45, 7) is 0.929. The monoisotopic (exact) mass is 152 g/mol. The summed E-state index contributed by atoms with van der Waals surface area (Å²) in [6, 6.07) is 3.24. The Morgan fingerprint density at radius 3 is 2.82 bits per heavy atom. The number of hydrogen-bond acceptors (Lipinski definition) is 3. The van der Waals surface area contributed by atoms with Crippen molar-refractivity contribution in [3.8, 4) is 11.5 Å². The summed E-state index contributed by atoms with van der Waals surface area (Å²) in [5, 5.41) is 18.4. The first-order valence-electron chi connectivity index (χ1n) is 3.39. The molecule has 0 aliphatic carbocycles. The second-order valence-corrected chi connectivity index (χ2v) is 2.56. The number of ether oxygens (including phenoxy) is 1. The Hall–Kier alpha value is -1.22. The predicted octanol–water partition coefficient (Wildman–Crippen LogP) is 1.13. The molecule has 0 radical (unpaired) electrons. The van der Waals surface area contributed by atoms with E-state index >= 15 is 0 Å². The summed E-state index contributed by atoms with van der Waals surface area (Å²) in [4.78, 5) is 0. The maximum Gasteiger partial charge on any atom is 0.163 e. The van der Waals surface area contributed by atoms with Crippen LogP contribution in [0.25, 0.3) is 0 Å². The van der Waals surface area contributed by atoms with Gasteiger partial charge >= 0.3 is 0 Å². The second-order valence-electron chi connectivity index (χ2n) is 2.56. The molecule has 0 saturated heterocycles. The Bertz CT molecular complexity index is 294. The van der Waals surface area contributed by atoms with E-state index in [4.69, 9.17) is 9.84 Å². The van der Waals surface area contributed by atoms with Crippen LogP contribution >= 0.6 is 0 Å². The maximum absolute atomic E-state index is 9.29. The Morgan fingerprint density at radius 2 is 2.00 bits per heavy atom. The molecule has 3 heteroatoms. The van der Waals surface area contributed by atoms with E-state index in [0.717, 1.165) is 5.56 Å². The Labute approximate surface area is 63.9 Å². The highest BCUT2D eigenvalue weighted by Gasteiger charge is 2.17. The molecule has 0 bridgehead atoms. The first-order valence-corrected chi connectivity index (χ1v) is 3.39. The Morgan fingerprint density at radius 1 is 1.18 bits per heavy atom. The quantitative estimate of drug-likeness (QED) is 0.548. The molecule has 2 N–H and O–H groups in total. The average Bonchev–Trinajstić information content (AvgIpc) is 2.45. The third kappa shape index (κ3) is 0.851. The average molecular weight is 152 g/mol. The van der Waals surface area contributed by atoms with Gasteiger partial charge in [0, 0.05) is 5.56 Å². The van der Waals surface area contributed by atoms with Crippen LogP contribution in [-0.2, 0) is 18.0 Å². The number of benzene rings is 1. The highest BCUT2D eigenvalue weighted by atomic mass is 16.5. The highest BCUT2D eigenvalue weighted by molar-refractivity contribution is 5.49. The van der Waals surface area contributed by atoms with Crippen molar-refractivity contribution in [3.63, 3.8) is 0 Å². The lowest BCUT2D eigenvalue weighted by molar-refractivity contribution is 0.133. The zero-order valence-corrected chi connectivity index (χ0v) is 5.87. The molecule has 0 spiro atoms. The topological polar surface area (TPSA) is 49.7 Å². The molecular formula is C8H8O3. The minimum atomic E-state index is -0.0748. The minimum absolute atomic E-state index is 0.0417. The highest BCUT2D eigenvalue weighted by Crippen LogP contribution is 2.35. The molecule has 0 amide bonds. The van der Waals surface area contributed by atoms with Crippen LogP contribution in [0.4, 0.5) is 0 Å². The molecule has 58 valence electrons. The number of phenolic OH excluding ortho intramolecular Hbond substituents is 2. The number of rotatable bonds is 0. The van der Waals surface area contributed by atoms with Gasteiger partial charge in [-0.3, -0.25) is 0 Å². The summed E-state index contributed by atoms with van der Waals surface area (Å²) in [7, 11) is 0. The normalized spacial score (nSPS) is 14.9. The van der Waals surface area contributed by atoms with E-state index in [0.29, 0.717) is 18.8 Å². The fourth-order valence-corrected chi connectivity index (χ4v) is 1.23. The molecular weight excluding hydrogens is 144 g/mol. The number of fused-ring (bicyclic) bond motifs is 1. The van der Waals surface area contributed by atoms with Crippen molar-refractivity contribution in [1.82, 2.24) is 0 Å². The van der Waals surface area contributed by atoms with Crippen LogP contribution < -0.4 is 0 Å². The SMILES string of the molecule is Oc1ccc2c(c1O)COC2. The zero-order valence-electron chi connectivity index (χ0n) is 5.87. The lowest BCUT2D eigenvalue weighted by Crippen LogP contribution is -1.82. The largest absolute Gasteiger partial charge is 0.504 e. The van der Waals surface area contributed by atoms with Crippen molar-refractivity contribution in [2.24, 2.45) is 0 Å². The molecule has 0 atom stereocenters. The predicted molar refractivity (Wildman–Crippen MR) is 38.3 cm³/mol. The van der Waals surface area contributed by atoms with Crippen molar-refractivity contribution < 1.29 is 14.9 Å². The van der Waals surface area contributed by atoms with Crippen molar-refractivity contribution in [2.75, 3.05) is 0 Å². The van der Waals surface area contributed by atoms with E-state index in [1.54, 1.807) is 6.07 Å². The fraction of sp³-hybridized carbons (Fsp3) is 0.250. The Kier molecular flexibility index (Phi) is 1.26. The summed E-state index contributed by atoms with van der Waals surface area (Å²) < 4.78 is 5.08. The van der Waals surface area contributed by atoms with Crippen molar-refractivity contribution in [3.05, 3.63) is 23.3 Å². The van der Waals surface area contributed by atoms with Crippen LogP contribution in [0.15, 0.2) is 12.1 Å². The molecule has 1 aliphatic heterocycles. The van der Waals surface area contributed by atoms with E-state index in [-0.39, 0.29) is 11.5 Å². The van der Waals surface area contributed by atoms with Gasteiger partial charge in [0.25, 0.3) is 0 Å². The smallest absolute Gasteiger partial charge is 0.163 e. The molecule has 1 heterocycles. The molecule has 0 fully saturated rings. The summed E-state index contributed by atoms with van der Waals surface area (Å²) in [5.74, 6) is -0.116. The summed E-state index contributed by atoms with van der Waals surface area (Å²) in [6.07, 6.45) is 0. The zero-order chi connectivity index (χ0) is 7.84. The molecule has 1 aromatic carbocycles. The summed E-state index contributed by atoms with van der Waals surface area (Å²) in [5.41, 5.74) is 1.67. The standard InChI is InChI=1S/C8H8O3/c9-7-2-1-5-3-11-4-6(5)8(7)10/h1-2,9-10H,3-4H2. The summed E-state index contributed by atoms with van der Waals surface area (Å²) >= 11 is 0. The fourth-order valence-electron chi connectivity index (χ4n) is 1.23. The first kappa shape index (κ1) is 6.49. The van der Waals surface area contributed by atoms with Crippen LogP contribution in [0, 0.1) is 0 Å². The van der Waals surface area contributed by atoms with Gasteiger partial charge in [0.2, 0.25) is 0 Å². The van der Waals surface area contributed by atoms with Gasteiger partial charge in [0.1, 0.15) is 0 Å². The first-order chi connectivity index (χ1) is 5.29. The molecule has 0 unspecified atom stereocenters. The van der Waals surface area contributed by atoms with Crippen molar-refractivity contribution >= 4 is 0 Å². The van der Waals surface area contributed by atoms with Gasteiger partial charge in [-0.25, -0.2) is 0 Å². The van der Waals surface area contributed by atoms with Gasteiger partial charge in [-0.15, -0.1) is 0 Å². The van der Waals surface area contributed by atoms with E-state index in [1.165, 1.54) is 6.07 Å². The molecule has 11 heavy (non-hydrogen) atoms. The number of hydrogen-bond donors (Lipinski definition) is 2. The van der Waals surface area contributed by atoms with Crippen LogP contribution in [0.3, 0.4) is 0 Å². The van der Waals surface area contributed by atoms with Gasteiger partial charge in [-0.2, -0.15) is 0 Å². The van der Waals surface area contributed by atoms with Crippen molar-refractivity contribution in [1.29, 1.82) is 0 Å². The van der Waals surface area contributed by atoms with Crippen LogP contribution in [0.5, 0.6) is 11.5 Å². The van der Waals surface area contributed by atoms with Crippen LogP contribution in [-0.4, -0.2) is 10.2 Å². The van der Waals surface area contributed by atoms with E-state index in [9.17, 15) is 5.11 Å². The maximum atomic E-state index is 9.29. The molecule has 0 saturated carbocycles. The molecule has 0 aromatic heterocycles. The third-order valence-corrected chi connectivity index (χ3v) is 1.86. The van der Waals surface area contributed by atoms with Crippen molar-refractivity contribution in [2.45, 2.75) is 13.2 Å². The van der Waals surface area contributed by atoms with E-state index < -0.39 is 0 Å². The molecule has 1 aromatic rings. The van der Waals surface area contributed by atoms with Gasteiger partial charge < -0.3 is 14.9 Å². The van der Waals surface area contributed by atoms with Gasteiger partial charge in [-0.1, -0.05) is 6.07 Å². The van der Waals surface area contributed by atoms with Crippen LogP contribution in [0.2, 0.25) is 0 Å². The number of aromatic hydroxyl groups is 2. The van der Waals surface area contributed by atoms with Gasteiger partial charge in [0.05, 0.1) is 13.2 Å². The van der Waals surface area contributed by atoms with E-state index in [2.05, 4.69) is 0 Å². The molecule has 1 aliphatic rings. The molecule has 3 nitrogen and oxygen atoms in total. The molecule has 2 rings (SSSR count). The minimum Gasteiger partial charge on any atom is -0.504 e. The number of phenols is 2. The Balaban J connectivity index is 2.62.